The number of fused-ring (bicyclic) bond motifs is 1. The topological polar surface area (TPSA) is 105 Å². The minimum Gasteiger partial charge on any atom is -0.486 e. The van der Waals surface area contributed by atoms with E-state index in [1.54, 1.807) is 0 Å². The maximum Gasteiger partial charge on any atom is 0.264 e. The summed E-state index contributed by atoms with van der Waals surface area (Å²) in [5, 5.41) is 3.16. The van der Waals surface area contributed by atoms with Gasteiger partial charge in [-0.3, -0.25) is 13.9 Å². The highest BCUT2D eigenvalue weighted by Crippen LogP contribution is 2.34. The number of ether oxygens (including phenoxy) is 2. The van der Waals surface area contributed by atoms with Gasteiger partial charge in [0, 0.05) is 25.1 Å². The number of nitrogens with zero attached hydrogens (tertiary/aromatic N) is 2. The lowest BCUT2D eigenvalue weighted by Gasteiger charge is -2.34. The van der Waals surface area contributed by atoms with E-state index in [1.807, 2.05) is 60.7 Å². The molecule has 2 amide bonds. The molecule has 1 saturated carbocycles. The van der Waals surface area contributed by atoms with E-state index in [2.05, 4.69) is 5.32 Å². The van der Waals surface area contributed by atoms with Crippen molar-refractivity contribution in [2.75, 3.05) is 24.1 Å². The van der Waals surface area contributed by atoms with Crippen molar-refractivity contribution >= 4 is 27.5 Å². The summed E-state index contributed by atoms with van der Waals surface area (Å²) in [6.45, 7) is 0.0235. The number of sulfonamides is 1. The Balaban J connectivity index is 1.39. The van der Waals surface area contributed by atoms with Crippen LogP contribution >= 0.6 is 0 Å². The van der Waals surface area contributed by atoms with Crippen molar-refractivity contribution in [3.8, 4) is 11.5 Å². The van der Waals surface area contributed by atoms with Gasteiger partial charge in [-0.2, -0.15) is 0 Å². The van der Waals surface area contributed by atoms with Crippen LogP contribution in [0.5, 0.6) is 11.5 Å². The van der Waals surface area contributed by atoms with E-state index >= 15 is 0 Å². The predicted octanol–water partition coefficient (Wildman–Crippen LogP) is 5.49. The molecule has 1 fully saturated rings. The number of anilines is 1. The van der Waals surface area contributed by atoms with Gasteiger partial charge in [0.1, 0.15) is 31.6 Å². The molecule has 1 atom stereocenters. The number of halogens is 1. The summed E-state index contributed by atoms with van der Waals surface area (Å²) in [5.41, 5.74) is 1.73. The third-order valence-corrected chi connectivity index (χ3v) is 10.4. The third kappa shape index (κ3) is 7.79. The highest BCUT2D eigenvalue weighted by Gasteiger charge is 2.36. The smallest absolute Gasteiger partial charge is 0.264 e. The van der Waals surface area contributed by atoms with Gasteiger partial charge in [-0.05, 0) is 60.4 Å². The normalized spacial score (nSPS) is 15.0. The Hall–Kier alpha value is -4.90. The molecule has 4 aromatic rings. The van der Waals surface area contributed by atoms with Gasteiger partial charge in [-0.15, -0.1) is 0 Å². The van der Waals surface area contributed by atoms with Crippen molar-refractivity contribution in [1.29, 1.82) is 0 Å². The standard InChI is InChI=1S/C37H38FN3O6S/c38-29-15-17-31(18-16-29)41(48(44,45)32-19-20-34-35(24-32)47-22-21-46-34)26-36(42)40(25-28-11-5-2-6-12-28)33(23-27-9-3-1-4-10-27)37(43)39-30-13-7-8-14-30/h1-6,9-12,15-20,24,30,33H,7-8,13-14,21-23,25-26H2,(H,39,43). The molecule has 1 heterocycles. The van der Waals surface area contributed by atoms with Gasteiger partial charge < -0.3 is 19.7 Å². The van der Waals surface area contributed by atoms with Gasteiger partial charge in [-0.25, -0.2) is 12.8 Å². The molecule has 1 aliphatic carbocycles. The summed E-state index contributed by atoms with van der Waals surface area (Å²) in [6.07, 6.45) is 3.99. The van der Waals surface area contributed by atoms with Gasteiger partial charge in [0.15, 0.2) is 11.5 Å². The Morgan fingerprint density at radius 1 is 0.812 bits per heavy atom. The van der Waals surface area contributed by atoms with Gasteiger partial charge in [-0.1, -0.05) is 73.5 Å². The van der Waals surface area contributed by atoms with Crippen LogP contribution in [0.25, 0.3) is 0 Å². The van der Waals surface area contributed by atoms with Crippen molar-refractivity contribution in [2.45, 2.75) is 55.6 Å². The lowest BCUT2D eigenvalue weighted by atomic mass is 10.0. The van der Waals surface area contributed by atoms with E-state index in [4.69, 9.17) is 9.47 Å². The molecule has 0 bridgehead atoms. The van der Waals surface area contributed by atoms with Crippen LogP contribution in [0.15, 0.2) is 108 Å². The number of carbonyl (C=O) groups excluding carboxylic acids is 2. The number of benzene rings is 4. The summed E-state index contributed by atoms with van der Waals surface area (Å²) < 4.78 is 54.9. The van der Waals surface area contributed by atoms with Gasteiger partial charge >= 0.3 is 0 Å². The summed E-state index contributed by atoms with van der Waals surface area (Å²) in [5.74, 6) is -0.760. The molecule has 4 aromatic carbocycles. The number of amides is 2. The zero-order valence-corrected chi connectivity index (χ0v) is 27.3. The molecule has 6 rings (SSSR count). The number of rotatable bonds is 12. The van der Waals surface area contributed by atoms with Crippen molar-refractivity contribution in [3.63, 3.8) is 0 Å². The lowest BCUT2D eigenvalue weighted by Crippen LogP contribution is -2.54. The second-order valence-corrected chi connectivity index (χ2v) is 13.9. The highest BCUT2D eigenvalue weighted by molar-refractivity contribution is 7.92. The Morgan fingerprint density at radius 3 is 2.10 bits per heavy atom. The molecule has 0 spiro atoms. The monoisotopic (exact) mass is 671 g/mol. The molecule has 0 aromatic heterocycles. The van der Waals surface area contributed by atoms with Gasteiger partial charge in [0.05, 0.1) is 10.6 Å². The SMILES string of the molecule is O=C(NC1CCCC1)C(Cc1ccccc1)N(Cc1ccccc1)C(=O)CN(c1ccc(F)cc1)S(=O)(=O)c1ccc2c(c1)OCCO2. The first-order chi connectivity index (χ1) is 23.3. The van der Waals surface area contributed by atoms with E-state index in [1.165, 1.54) is 35.2 Å². The molecule has 11 heteroatoms. The first-order valence-corrected chi connectivity index (χ1v) is 17.6. The third-order valence-electron chi connectivity index (χ3n) is 8.66. The average molecular weight is 672 g/mol. The molecule has 2 aliphatic rings. The second-order valence-electron chi connectivity index (χ2n) is 12.0. The zero-order valence-electron chi connectivity index (χ0n) is 26.5. The molecular weight excluding hydrogens is 633 g/mol. The Labute approximate surface area is 280 Å². The minimum atomic E-state index is -4.40. The Morgan fingerprint density at radius 2 is 1.44 bits per heavy atom. The van der Waals surface area contributed by atoms with Crippen molar-refractivity contribution < 1.29 is 31.9 Å². The van der Waals surface area contributed by atoms with Crippen LogP contribution in [0.3, 0.4) is 0 Å². The summed E-state index contributed by atoms with van der Waals surface area (Å²) in [7, 11) is -4.40. The van der Waals surface area contributed by atoms with Crippen LogP contribution in [0, 0.1) is 5.82 Å². The van der Waals surface area contributed by atoms with Crippen LogP contribution in [0.4, 0.5) is 10.1 Å². The highest BCUT2D eigenvalue weighted by atomic mass is 32.2. The summed E-state index contributed by atoms with van der Waals surface area (Å²) in [4.78, 5) is 30.0. The fourth-order valence-electron chi connectivity index (χ4n) is 6.15. The number of nitrogens with one attached hydrogen (secondary N) is 1. The summed E-state index contributed by atoms with van der Waals surface area (Å²) in [6, 6.07) is 26.9. The molecule has 250 valence electrons. The molecular formula is C37H38FN3O6S. The summed E-state index contributed by atoms with van der Waals surface area (Å²) >= 11 is 0. The van der Waals surface area contributed by atoms with Crippen molar-refractivity contribution in [2.24, 2.45) is 0 Å². The fraction of sp³-hybridized carbons (Fsp3) is 0.297. The largest absolute Gasteiger partial charge is 0.486 e. The first-order valence-electron chi connectivity index (χ1n) is 16.1. The molecule has 48 heavy (non-hydrogen) atoms. The fourth-order valence-corrected chi connectivity index (χ4v) is 7.58. The van der Waals surface area contributed by atoms with E-state index in [-0.39, 0.29) is 47.9 Å². The number of carbonyl (C=O) groups is 2. The van der Waals surface area contributed by atoms with Crippen molar-refractivity contribution in [1.82, 2.24) is 10.2 Å². The van der Waals surface area contributed by atoms with Crippen LogP contribution in [-0.4, -0.2) is 57.0 Å². The molecule has 1 unspecified atom stereocenters. The maximum absolute atomic E-state index is 14.6. The predicted molar refractivity (Wildman–Crippen MR) is 180 cm³/mol. The van der Waals surface area contributed by atoms with Crippen LogP contribution in [-0.2, 0) is 32.6 Å². The quantitative estimate of drug-likeness (QED) is 0.214. The van der Waals surface area contributed by atoms with Gasteiger partial charge in [0.25, 0.3) is 10.0 Å². The molecule has 9 nitrogen and oxygen atoms in total. The van der Waals surface area contributed by atoms with Crippen LogP contribution < -0.4 is 19.1 Å². The van der Waals surface area contributed by atoms with E-state index in [9.17, 15) is 22.4 Å². The molecule has 1 aliphatic heterocycles. The average Bonchev–Trinajstić information content (AvgIpc) is 3.62. The molecule has 0 saturated heterocycles. The molecule has 0 radical (unpaired) electrons. The zero-order chi connectivity index (χ0) is 33.5. The van der Waals surface area contributed by atoms with Crippen LogP contribution in [0.1, 0.15) is 36.8 Å². The second kappa shape index (κ2) is 14.9. The lowest BCUT2D eigenvalue weighted by molar-refractivity contribution is -0.140. The van der Waals surface area contributed by atoms with E-state index in [0.29, 0.717) is 12.4 Å². The Kier molecular flexibility index (Phi) is 10.2. The Bertz CT molecular complexity index is 1820. The maximum atomic E-state index is 14.6. The molecule has 1 N–H and O–H groups in total. The van der Waals surface area contributed by atoms with Gasteiger partial charge in [0.2, 0.25) is 11.8 Å². The number of hydrogen-bond donors (Lipinski definition) is 1. The van der Waals surface area contributed by atoms with E-state index < -0.39 is 34.3 Å². The first kappa shape index (κ1) is 33.0. The number of hydrogen-bond acceptors (Lipinski definition) is 6. The van der Waals surface area contributed by atoms with Crippen LogP contribution in [0.2, 0.25) is 0 Å². The van der Waals surface area contributed by atoms with Crippen molar-refractivity contribution in [3.05, 3.63) is 120 Å². The minimum absolute atomic E-state index is 0.00995. The van der Waals surface area contributed by atoms with E-state index in [0.717, 1.165) is 53.2 Å².